The molecule has 192 valence electrons. The number of aromatic nitrogens is 2. The first-order chi connectivity index (χ1) is 17.3. The standard InChI is InChI=1S/C27H34N4O4S/c1-18(16-19-6-4-3-5-7-19)31-24-13-10-20-14-15-30(27(32)35-2)17-23(20)25(24)29-26(31)21-8-11-22(12-9-21)36(28,33)34/h3-7,10,13,18,21-22H,8-9,11-12,14-17H2,1-2H3,(H2,28,33,34)/t18-,21?,22?/m0/s1. The number of carbonyl (C=O) groups is 1. The van der Waals surface area contributed by atoms with Gasteiger partial charge in [0.15, 0.2) is 0 Å². The lowest BCUT2D eigenvalue weighted by Crippen LogP contribution is -2.35. The maximum Gasteiger partial charge on any atom is 0.409 e. The van der Waals surface area contributed by atoms with E-state index in [1.807, 2.05) is 6.07 Å². The van der Waals surface area contributed by atoms with Crippen LogP contribution in [0.15, 0.2) is 42.5 Å². The van der Waals surface area contributed by atoms with Gasteiger partial charge in [0, 0.05) is 24.1 Å². The maximum atomic E-state index is 12.3. The highest BCUT2D eigenvalue weighted by Gasteiger charge is 2.33. The summed E-state index contributed by atoms with van der Waals surface area (Å²) >= 11 is 0. The van der Waals surface area contributed by atoms with Crippen LogP contribution >= 0.6 is 0 Å². The molecule has 9 heteroatoms. The van der Waals surface area contributed by atoms with Gasteiger partial charge in [0.05, 0.1) is 29.9 Å². The van der Waals surface area contributed by atoms with Gasteiger partial charge in [-0.15, -0.1) is 0 Å². The average molecular weight is 511 g/mol. The molecule has 36 heavy (non-hydrogen) atoms. The highest BCUT2D eigenvalue weighted by atomic mass is 32.2. The molecule has 1 aliphatic heterocycles. The van der Waals surface area contributed by atoms with Crippen LogP contribution in [0.1, 0.15) is 67.1 Å². The van der Waals surface area contributed by atoms with E-state index in [2.05, 4.69) is 47.9 Å². The zero-order valence-electron chi connectivity index (χ0n) is 20.9. The van der Waals surface area contributed by atoms with Gasteiger partial charge in [0.1, 0.15) is 5.82 Å². The minimum atomic E-state index is -3.53. The molecule has 2 aromatic carbocycles. The van der Waals surface area contributed by atoms with E-state index in [0.29, 0.717) is 25.9 Å². The van der Waals surface area contributed by atoms with Crippen LogP contribution in [-0.4, -0.2) is 47.9 Å². The number of rotatable bonds is 5. The fraction of sp³-hybridized carbons (Fsp3) is 0.481. The fourth-order valence-corrected chi connectivity index (χ4v) is 6.87. The Hall–Kier alpha value is -2.91. The van der Waals surface area contributed by atoms with Crippen molar-refractivity contribution >= 4 is 27.1 Å². The Morgan fingerprint density at radius 1 is 1.14 bits per heavy atom. The molecule has 2 heterocycles. The van der Waals surface area contributed by atoms with E-state index in [1.165, 1.54) is 18.2 Å². The molecule has 1 fully saturated rings. The van der Waals surface area contributed by atoms with Crippen LogP contribution < -0.4 is 5.14 Å². The summed E-state index contributed by atoms with van der Waals surface area (Å²) in [6.45, 7) is 3.32. The molecule has 3 aromatic rings. The van der Waals surface area contributed by atoms with E-state index in [-0.39, 0.29) is 18.1 Å². The van der Waals surface area contributed by atoms with Crippen LogP contribution in [0.5, 0.6) is 0 Å². The third-order valence-electron chi connectivity index (χ3n) is 7.84. The third-order valence-corrected chi connectivity index (χ3v) is 9.24. The van der Waals surface area contributed by atoms with Gasteiger partial charge in [-0.25, -0.2) is 23.3 Å². The van der Waals surface area contributed by atoms with Crippen molar-refractivity contribution in [3.8, 4) is 0 Å². The molecule has 1 aliphatic carbocycles. The molecule has 1 saturated carbocycles. The van der Waals surface area contributed by atoms with Crippen molar-refractivity contribution in [2.75, 3.05) is 13.7 Å². The molecule has 2 aliphatic rings. The number of nitrogens with two attached hydrogens (primary N) is 1. The van der Waals surface area contributed by atoms with E-state index in [1.54, 1.807) is 4.90 Å². The average Bonchev–Trinajstić information content (AvgIpc) is 3.28. The van der Waals surface area contributed by atoms with Crippen LogP contribution in [0.2, 0.25) is 0 Å². The second kappa shape index (κ2) is 9.86. The number of fused-ring (bicyclic) bond motifs is 3. The summed E-state index contributed by atoms with van der Waals surface area (Å²) in [5.74, 6) is 1.16. The number of amides is 1. The molecule has 1 atom stereocenters. The smallest absolute Gasteiger partial charge is 0.409 e. The minimum Gasteiger partial charge on any atom is -0.453 e. The molecule has 0 saturated heterocycles. The van der Waals surface area contributed by atoms with Gasteiger partial charge in [-0.05, 0) is 62.6 Å². The number of nitrogens with zero attached hydrogens (tertiary/aromatic N) is 3. The van der Waals surface area contributed by atoms with Gasteiger partial charge in [0.25, 0.3) is 0 Å². The number of benzene rings is 2. The first-order valence-electron chi connectivity index (χ1n) is 12.7. The number of methoxy groups -OCH3 is 1. The van der Waals surface area contributed by atoms with Crippen LogP contribution in [0.25, 0.3) is 11.0 Å². The highest BCUT2D eigenvalue weighted by Crippen LogP contribution is 2.39. The van der Waals surface area contributed by atoms with Crippen molar-refractivity contribution in [2.24, 2.45) is 5.14 Å². The van der Waals surface area contributed by atoms with Crippen molar-refractivity contribution in [3.63, 3.8) is 0 Å². The summed E-state index contributed by atoms with van der Waals surface area (Å²) in [6, 6.07) is 14.9. The second-order valence-corrected chi connectivity index (χ2v) is 12.0. The Labute approximate surface area is 212 Å². The van der Waals surface area contributed by atoms with Gasteiger partial charge in [0.2, 0.25) is 10.0 Å². The lowest BCUT2D eigenvalue weighted by molar-refractivity contribution is 0.119. The lowest BCUT2D eigenvalue weighted by atomic mass is 9.88. The molecule has 0 radical (unpaired) electrons. The van der Waals surface area contributed by atoms with Crippen molar-refractivity contribution in [1.29, 1.82) is 0 Å². The molecule has 0 spiro atoms. The predicted molar refractivity (Wildman–Crippen MR) is 139 cm³/mol. The number of hydrogen-bond acceptors (Lipinski definition) is 5. The van der Waals surface area contributed by atoms with Crippen molar-refractivity contribution < 1.29 is 17.9 Å². The van der Waals surface area contributed by atoms with Crippen molar-refractivity contribution in [3.05, 3.63) is 65.0 Å². The minimum absolute atomic E-state index is 0.154. The summed E-state index contributed by atoms with van der Waals surface area (Å²) in [5.41, 5.74) is 5.55. The number of carbonyl (C=O) groups excluding carboxylic acids is 1. The SMILES string of the molecule is COC(=O)N1CCc2ccc3c(nc(C4CCC(S(N)(=O)=O)CC4)n3[C@@H](C)Cc3ccccc3)c2C1. The predicted octanol–water partition coefficient (Wildman–Crippen LogP) is 4.28. The molecule has 5 rings (SSSR count). The van der Waals surface area contributed by atoms with E-state index < -0.39 is 15.3 Å². The van der Waals surface area contributed by atoms with Gasteiger partial charge >= 0.3 is 6.09 Å². The molecular formula is C27H34N4O4S. The highest BCUT2D eigenvalue weighted by molar-refractivity contribution is 7.89. The Morgan fingerprint density at radius 3 is 2.53 bits per heavy atom. The zero-order chi connectivity index (χ0) is 25.4. The number of imidazole rings is 1. The monoisotopic (exact) mass is 510 g/mol. The normalized spacial score (nSPS) is 21.2. The van der Waals surface area contributed by atoms with Gasteiger partial charge < -0.3 is 14.2 Å². The maximum absolute atomic E-state index is 12.3. The molecule has 1 amide bonds. The zero-order valence-corrected chi connectivity index (χ0v) is 21.7. The first kappa shape index (κ1) is 24.8. The summed E-state index contributed by atoms with van der Waals surface area (Å²) in [7, 11) is -2.12. The van der Waals surface area contributed by atoms with Crippen molar-refractivity contribution in [1.82, 2.24) is 14.5 Å². The van der Waals surface area contributed by atoms with Crippen LogP contribution in [0, 0.1) is 0 Å². The Balaban J connectivity index is 1.56. The second-order valence-electron chi connectivity index (χ2n) is 10.2. The van der Waals surface area contributed by atoms with E-state index in [4.69, 9.17) is 14.9 Å². The summed E-state index contributed by atoms with van der Waals surface area (Å²) in [6.07, 6.45) is 3.87. The largest absolute Gasteiger partial charge is 0.453 e. The summed E-state index contributed by atoms with van der Waals surface area (Å²) < 4.78 is 31.2. The van der Waals surface area contributed by atoms with Gasteiger partial charge in [-0.1, -0.05) is 36.4 Å². The number of primary sulfonamides is 1. The molecule has 8 nitrogen and oxygen atoms in total. The van der Waals surface area contributed by atoms with E-state index in [9.17, 15) is 13.2 Å². The fourth-order valence-electron chi connectivity index (χ4n) is 5.94. The molecule has 0 bridgehead atoms. The number of sulfonamides is 1. The molecule has 2 N–H and O–H groups in total. The summed E-state index contributed by atoms with van der Waals surface area (Å²) in [5, 5.41) is 4.98. The molecule has 1 aromatic heterocycles. The quantitative estimate of drug-likeness (QED) is 0.551. The topological polar surface area (TPSA) is 108 Å². The van der Waals surface area contributed by atoms with Crippen molar-refractivity contribution in [2.45, 2.75) is 69.2 Å². The number of hydrogen-bond donors (Lipinski definition) is 1. The number of ether oxygens (including phenoxy) is 1. The molecular weight excluding hydrogens is 476 g/mol. The van der Waals surface area contributed by atoms with Crippen LogP contribution in [0.3, 0.4) is 0 Å². The van der Waals surface area contributed by atoms with E-state index in [0.717, 1.165) is 48.1 Å². The van der Waals surface area contributed by atoms with Gasteiger partial charge in [-0.3, -0.25) is 0 Å². The van der Waals surface area contributed by atoms with E-state index >= 15 is 0 Å². The third kappa shape index (κ3) is 4.74. The Bertz CT molecular complexity index is 1360. The van der Waals surface area contributed by atoms with Crippen LogP contribution in [-0.2, 0) is 34.1 Å². The van der Waals surface area contributed by atoms with Crippen LogP contribution in [0.4, 0.5) is 4.79 Å². The Morgan fingerprint density at radius 2 is 1.86 bits per heavy atom. The summed E-state index contributed by atoms with van der Waals surface area (Å²) in [4.78, 5) is 19.2. The molecule has 0 unspecified atom stereocenters. The Kier molecular flexibility index (Phi) is 6.78. The first-order valence-corrected chi connectivity index (χ1v) is 14.3. The lowest BCUT2D eigenvalue weighted by Gasteiger charge is -2.29. The van der Waals surface area contributed by atoms with Gasteiger partial charge in [-0.2, -0.15) is 0 Å².